The lowest BCUT2D eigenvalue weighted by Crippen LogP contribution is -2.15. The number of hydrogen-bond donors (Lipinski definition) is 1. The Bertz CT molecular complexity index is 283. The summed E-state index contributed by atoms with van der Waals surface area (Å²) in [6.07, 6.45) is 4.31. The van der Waals surface area contributed by atoms with Crippen molar-refractivity contribution in [1.82, 2.24) is 0 Å². The largest absolute Gasteiger partial charge is 0.481 e. The van der Waals surface area contributed by atoms with E-state index in [0.717, 1.165) is 25.7 Å². The second-order valence-electron chi connectivity index (χ2n) is 3.93. The number of rotatable bonds is 9. The molecule has 0 aliphatic rings. The standard InChI is InChI=1S/C12H19NO4/c1-2-3-4-5-6-10(8-13)9-17-12(16)7-11(14)15/h10H,2-7,9H2,1H3,(H,14,15). The third-order valence-electron chi connectivity index (χ3n) is 2.33. The third kappa shape index (κ3) is 9.36. The topological polar surface area (TPSA) is 87.4 Å². The summed E-state index contributed by atoms with van der Waals surface area (Å²) in [5.74, 6) is -2.33. The van der Waals surface area contributed by atoms with Gasteiger partial charge in [-0.3, -0.25) is 9.59 Å². The van der Waals surface area contributed by atoms with E-state index >= 15 is 0 Å². The first kappa shape index (κ1) is 15.4. The highest BCUT2D eigenvalue weighted by molar-refractivity contribution is 5.90. The Morgan fingerprint density at radius 3 is 2.59 bits per heavy atom. The van der Waals surface area contributed by atoms with Gasteiger partial charge in [-0.2, -0.15) is 5.26 Å². The van der Waals surface area contributed by atoms with Crippen molar-refractivity contribution in [1.29, 1.82) is 5.26 Å². The lowest BCUT2D eigenvalue weighted by molar-refractivity contribution is -0.151. The zero-order valence-electron chi connectivity index (χ0n) is 10.1. The minimum Gasteiger partial charge on any atom is -0.481 e. The van der Waals surface area contributed by atoms with E-state index in [1.165, 1.54) is 0 Å². The molecule has 5 heteroatoms. The summed E-state index contributed by atoms with van der Waals surface area (Å²) in [6, 6.07) is 2.06. The Balaban J connectivity index is 3.71. The summed E-state index contributed by atoms with van der Waals surface area (Å²) < 4.78 is 4.72. The molecule has 0 heterocycles. The summed E-state index contributed by atoms with van der Waals surface area (Å²) in [5.41, 5.74) is 0. The van der Waals surface area contributed by atoms with Gasteiger partial charge in [0.05, 0.1) is 12.0 Å². The van der Waals surface area contributed by atoms with Gasteiger partial charge in [0.1, 0.15) is 13.0 Å². The maximum Gasteiger partial charge on any atom is 0.317 e. The summed E-state index contributed by atoms with van der Waals surface area (Å²) in [6.45, 7) is 2.10. The van der Waals surface area contributed by atoms with E-state index in [2.05, 4.69) is 13.0 Å². The Hall–Kier alpha value is -1.57. The van der Waals surface area contributed by atoms with Gasteiger partial charge in [0.25, 0.3) is 0 Å². The number of carboxylic acids is 1. The number of nitrogens with zero attached hydrogens (tertiary/aromatic N) is 1. The monoisotopic (exact) mass is 241 g/mol. The highest BCUT2D eigenvalue weighted by Crippen LogP contribution is 2.11. The number of esters is 1. The van der Waals surface area contributed by atoms with Crippen molar-refractivity contribution in [3.63, 3.8) is 0 Å². The number of ether oxygens (including phenoxy) is 1. The van der Waals surface area contributed by atoms with Crippen LogP contribution in [0.4, 0.5) is 0 Å². The Morgan fingerprint density at radius 1 is 1.35 bits per heavy atom. The predicted octanol–water partition coefficient (Wildman–Crippen LogP) is 2.11. The Labute approximate surface area is 101 Å². The molecule has 0 radical (unpaired) electrons. The van der Waals surface area contributed by atoms with Crippen LogP contribution < -0.4 is 0 Å². The van der Waals surface area contributed by atoms with E-state index in [9.17, 15) is 9.59 Å². The van der Waals surface area contributed by atoms with Gasteiger partial charge in [-0.1, -0.05) is 32.6 Å². The number of carbonyl (C=O) groups is 2. The van der Waals surface area contributed by atoms with Crippen molar-refractivity contribution in [2.24, 2.45) is 5.92 Å². The van der Waals surface area contributed by atoms with Crippen LogP contribution in [0.1, 0.15) is 45.4 Å². The predicted molar refractivity (Wildman–Crippen MR) is 61.1 cm³/mol. The van der Waals surface area contributed by atoms with E-state index in [-0.39, 0.29) is 12.5 Å². The molecule has 96 valence electrons. The van der Waals surface area contributed by atoms with E-state index < -0.39 is 18.4 Å². The molecule has 1 atom stereocenters. The van der Waals surface area contributed by atoms with E-state index in [1.54, 1.807) is 0 Å². The summed E-state index contributed by atoms with van der Waals surface area (Å²) in [4.78, 5) is 21.1. The number of aliphatic carboxylic acids is 1. The molecule has 0 rings (SSSR count). The SMILES string of the molecule is CCCCCCC(C#N)COC(=O)CC(=O)O. The zero-order valence-corrected chi connectivity index (χ0v) is 10.1. The number of nitriles is 1. The molecule has 0 spiro atoms. The minimum absolute atomic E-state index is 0.00522. The van der Waals surface area contributed by atoms with Gasteiger partial charge in [-0.15, -0.1) is 0 Å². The fraction of sp³-hybridized carbons (Fsp3) is 0.750. The molecule has 1 N–H and O–H groups in total. The quantitative estimate of drug-likeness (QED) is 0.379. The fourth-order valence-electron chi connectivity index (χ4n) is 1.37. The van der Waals surface area contributed by atoms with Gasteiger partial charge < -0.3 is 9.84 Å². The second kappa shape index (κ2) is 9.64. The van der Waals surface area contributed by atoms with Gasteiger partial charge >= 0.3 is 11.9 Å². The highest BCUT2D eigenvalue weighted by atomic mass is 16.5. The molecule has 0 bridgehead atoms. The first-order valence-corrected chi connectivity index (χ1v) is 5.87. The van der Waals surface area contributed by atoms with Crippen LogP contribution in [0.5, 0.6) is 0 Å². The zero-order chi connectivity index (χ0) is 13.1. The van der Waals surface area contributed by atoms with Crippen LogP contribution in [-0.4, -0.2) is 23.7 Å². The summed E-state index contributed by atoms with van der Waals surface area (Å²) in [5, 5.41) is 17.2. The first-order valence-electron chi connectivity index (χ1n) is 5.87. The van der Waals surface area contributed by atoms with Crippen LogP contribution in [0.25, 0.3) is 0 Å². The van der Waals surface area contributed by atoms with Gasteiger partial charge in [-0.25, -0.2) is 0 Å². The van der Waals surface area contributed by atoms with Crippen molar-refractivity contribution in [2.75, 3.05) is 6.61 Å². The maximum absolute atomic E-state index is 10.9. The van der Waals surface area contributed by atoms with Crippen LogP contribution >= 0.6 is 0 Å². The lowest BCUT2D eigenvalue weighted by atomic mass is 10.0. The van der Waals surface area contributed by atoms with Gasteiger partial charge in [0.2, 0.25) is 0 Å². The lowest BCUT2D eigenvalue weighted by Gasteiger charge is -2.09. The van der Waals surface area contributed by atoms with Crippen LogP contribution in [0, 0.1) is 17.2 Å². The molecule has 0 saturated heterocycles. The molecule has 5 nitrogen and oxygen atoms in total. The molecule has 0 aliphatic carbocycles. The smallest absolute Gasteiger partial charge is 0.317 e. The van der Waals surface area contributed by atoms with E-state index in [4.69, 9.17) is 15.1 Å². The van der Waals surface area contributed by atoms with Gasteiger partial charge in [-0.05, 0) is 6.42 Å². The van der Waals surface area contributed by atoms with Crippen molar-refractivity contribution >= 4 is 11.9 Å². The van der Waals surface area contributed by atoms with Crippen LogP contribution in [0.3, 0.4) is 0 Å². The highest BCUT2D eigenvalue weighted by Gasteiger charge is 2.13. The molecule has 1 unspecified atom stereocenters. The average Bonchev–Trinajstić information content (AvgIpc) is 2.27. The van der Waals surface area contributed by atoms with E-state index in [0.29, 0.717) is 6.42 Å². The van der Waals surface area contributed by atoms with Gasteiger partial charge in [0, 0.05) is 0 Å². The molecular weight excluding hydrogens is 222 g/mol. The number of hydrogen-bond acceptors (Lipinski definition) is 4. The van der Waals surface area contributed by atoms with Crippen molar-refractivity contribution in [3.05, 3.63) is 0 Å². The number of carbonyl (C=O) groups excluding carboxylic acids is 1. The Morgan fingerprint density at radius 2 is 2.06 bits per heavy atom. The van der Waals surface area contributed by atoms with Crippen LogP contribution in [0.15, 0.2) is 0 Å². The number of unbranched alkanes of at least 4 members (excludes halogenated alkanes) is 3. The van der Waals surface area contributed by atoms with E-state index in [1.807, 2.05) is 0 Å². The third-order valence-corrected chi connectivity index (χ3v) is 2.33. The van der Waals surface area contributed by atoms with Gasteiger partial charge in [0.15, 0.2) is 0 Å². The molecule has 17 heavy (non-hydrogen) atoms. The normalized spacial score (nSPS) is 11.5. The fourth-order valence-corrected chi connectivity index (χ4v) is 1.37. The molecule has 0 aromatic heterocycles. The molecule has 0 aromatic rings. The molecule has 0 amide bonds. The average molecular weight is 241 g/mol. The van der Waals surface area contributed by atoms with Crippen molar-refractivity contribution in [3.8, 4) is 6.07 Å². The Kier molecular flexibility index (Phi) is 8.75. The van der Waals surface area contributed by atoms with Crippen molar-refractivity contribution in [2.45, 2.75) is 45.4 Å². The molecular formula is C12H19NO4. The first-order chi connectivity index (χ1) is 8.10. The number of carboxylic acid groups (broad SMARTS) is 1. The summed E-state index contributed by atoms with van der Waals surface area (Å²) >= 11 is 0. The molecule has 0 saturated carbocycles. The molecule has 0 aliphatic heterocycles. The molecule has 0 aromatic carbocycles. The summed E-state index contributed by atoms with van der Waals surface area (Å²) in [7, 11) is 0. The maximum atomic E-state index is 10.9. The molecule has 0 fully saturated rings. The minimum atomic E-state index is -1.22. The second-order valence-corrected chi connectivity index (χ2v) is 3.93. The van der Waals surface area contributed by atoms with Crippen LogP contribution in [-0.2, 0) is 14.3 Å². The van der Waals surface area contributed by atoms with Crippen molar-refractivity contribution < 1.29 is 19.4 Å². The van der Waals surface area contributed by atoms with Crippen LogP contribution in [0.2, 0.25) is 0 Å².